The first-order valence-corrected chi connectivity index (χ1v) is 19.5. The van der Waals surface area contributed by atoms with Gasteiger partial charge in [0, 0.05) is 26.3 Å². The van der Waals surface area contributed by atoms with E-state index in [-0.39, 0.29) is 43.4 Å². The summed E-state index contributed by atoms with van der Waals surface area (Å²) in [6, 6.07) is 16.0. The van der Waals surface area contributed by atoms with Gasteiger partial charge in [0.05, 0.1) is 29.8 Å². The average Bonchev–Trinajstić information content (AvgIpc) is 3.59. The van der Waals surface area contributed by atoms with E-state index in [1.54, 1.807) is 43.8 Å². The van der Waals surface area contributed by atoms with Crippen molar-refractivity contribution in [3.05, 3.63) is 89.9 Å². The normalized spacial score (nSPS) is 17.1. The van der Waals surface area contributed by atoms with Crippen molar-refractivity contribution in [2.75, 3.05) is 19.6 Å². The second-order valence-electron chi connectivity index (χ2n) is 14.3. The van der Waals surface area contributed by atoms with Gasteiger partial charge >= 0.3 is 6.03 Å². The summed E-state index contributed by atoms with van der Waals surface area (Å²) >= 11 is 0. The smallest absolute Gasteiger partial charge is 0.328 e. The molecule has 2 aromatic carbocycles. The van der Waals surface area contributed by atoms with Crippen molar-refractivity contribution in [2.24, 2.45) is 24.0 Å². The molecule has 15 nitrogen and oxygen atoms in total. The van der Waals surface area contributed by atoms with Gasteiger partial charge in [-0.05, 0) is 66.5 Å². The number of aromatic nitrogens is 3. The number of amides is 4. The highest BCUT2D eigenvalue weighted by atomic mass is 32.2. The fourth-order valence-corrected chi connectivity index (χ4v) is 8.56. The molecule has 0 bridgehead atoms. The fraction of sp³-hybridized carbons (Fsp3) is 0.421. The van der Waals surface area contributed by atoms with Crippen LogP contribution in [0.25, 0.3) is 11.2 Å². The summed E-state index contributed by atoms with van der Waals surface area (Å²) in [5.74, 6) is -0.893. The lowest BCUT2D eigenvalue weighted by Crippen LogP contribution is -2.57. The van der Waals surface area contributed by atoms with Gasteiger partial charge in [-0.15, -0.1) is 0 Å². The Labute approximate surface area is 314 Å². The first-order valence-electron chi connectivity index (χ1n) is 18.0. The maximum atomic E-state index is 14.3. The van der Waals surface area contributed by atoms with Gasteiger partial charge < -0.3 is 25.1 Å². The third-order valence-corrected chi connectivity index (χ3v) is 12.1. The first kappa shape index (κ1) is 38.5. The van der Waals surface area contributed by atoms with Crippen LogP contribution in [0.3, 0.4) is 0 Å². The number of benzene rings is 2. The van der Waals surface area contributed by atoms with Crippen molar-refractivity contribution in [3.63, 3.8) is 0 Å². The predicted octanol–water partition coefficient (Wildman–Crippen LogP) is 3.14. The summed E-state index contributed by atoms with van der Waals surface area (Å²) in [4.78, 5) is 52.6. The zero-order valence-corrected chi connectivity index (χ0v) is 31.3. The molecule has 0 spiro atoms. The summed E-state index contributed by atoms with van der Waals surface area (Å²) in [5.41, 5.74) is 2.54. The lowest BCUT2D eigenvalue weighted by Gasteiger charge is -2.36. The summed E-state index contributed by atoms with van der Waals surface area (Å²) in [7, 11) is -2.33. The number of hydrogen-bond donors (Lipinski definition) is 3. The molecule has 54 heavy (non-hydrogen) atoms. The maximum absolute atomic E-state index is 14.3. The number of aryl methyl sites for hydroxylation is 1. The Morgan fingerprint density at radius 1 is 1.07 bits per heavy atom. The molecular formula is C38H46N8O7S. The minimum atomic E-state index is -4.09. The van der Waals surface area contributed by atoms with Crippen LogP contribution >= 0.6 is 0 Å². The molecule has 1 aliphatic heterocycles. The van der Waals surface area contributed by atoms with E-state index in [0.717, 1.165) is 29.7 Å². The van der Waals surface area contributed by atoms with E-state index in [1.807, 2.05) is 30.3 Å². The topological polar surface area (TPSA) is 191 Å². The molecule has 286 valence electrons. The largest absolute Gasteiger partial charge is 0.411 e. The molecule has 0 radical (unpaired) electrons. The SMILES string of the molecule is CC(C)[C@@H](C(=O)N[C@@H](Cc1ccccc1)[C@@H](O)CN(CC1CCC1)S(=O)(=O)c1ccc(C=NO)cc1)N1CC(=O)N(Cc2nc3cccnc3n2C)C1=O. The molecule has 3 N–H and O–H groups in total. The molecule has 3 atom stereocenters. The van der Waals surface area contributed by atoms with Gasteiger partial charge in [-0.1, -0.05) is 67.9 Å². The van der Waals surface area contributed by atoms with Gasteiger partial charge in [0.15, 0.2) is 5.65 Å². The average molecular weight is 759 g/mol. The number of carbonyl (C=O) groups excluding carboxylic acids is 3. The summed E-state index contributed by atoms with van der Waals surface area (Å²) in [6.45, 7) is 3.02. The minimum absolute atomic E-state index is 0.0179. The van der Waals surface area contributed by atoms with E-state index < -0.39 is 52.0 Å². The zero-order chi connectivity index (χ0) is 38.6. The Kier molecular flexibility index (Phi) is 11.7. The van der Waals surface area contributed by atoms with Crippen molar-refractivity contribution < 1.29 is 33.1 Å². The third kappa shape index (κ3) is 8.30. The number of carbonyl (C=O) groups is 3. The van der Waals surface area contributed by atoms with Gasteiger partial charge in [-0.25, -0.2) is 23.2 Å². The molecule has 1 saturated carbocycles. The summed E-state index contributed by atoms with van der Waals surface area (Å²) < 4.78 is 31.1. The monoisotopic (exact) mass is 758 g/mol. The number of imidazole rings is 1. The Balaban J connectivity index is 1.23. The highest BCUT2D eigenvalue weighted by molar-refractivity contribution is 7.89. The van der Waals surface area contributed by atoms with Crippen molar-refractivity contribution in [1.29, 1.82) is 0 Å². The van der Waals surface area contributed by atoms with Gasteiger partial charge in [-0.2, -0.15) is 4.31 Å². The van der Waals surface area contributed by atoms with Crippen molar-refractivity contribution in [2.45, 2.75) is 69.2 Å². The molecule has 16 heteroatoms. The number of aliphatic hydroxyl groups is 1. The van der Waals surface area contributed by atoms with Crippen LogP contribution in [0.5, 0.6) is 0 Å². The Hall–Kier alpha value is -5.19. The zero-order valence-electron chi connectivity index (χ0n) is 30.5. The molecule has 0 unspecified atom stereocenters. The maximum Gasteiger partial charge on any atom is 0.328 e. The van der Waals surface area contributed by atoms with Crippen molar-refractivity contribution in [3.8, 4) is 0 Å². The van der Waals surface area contributed by atoms with Crippen molar-refractivity contribution >= 4 is 45.2 Å². The molecule has 1 aliphatic carbocycles. The van der Waals surface area contributed by atoms with Gasteiger partial charge in [0.1, 0.15) is 23.9 Å². The highest BCUT2D eigenvalue weighted by Crippen LogP contribution is 2.30. The van der Waals surface area contributed by atoms with E-state index in [0.29, 0.717) is 22.6 Å². The number of nitrogens with zero attached hydrogens (tertiary/aromatic N) is 7. The lowest BCUT2D eigenvalue weighted by atomic mass is 9.85. The second-order valence-corrected chi connectivity index (χ2v) is 16.3. The van der Waals surface area contributed by atoms with Crippen LogP contribution < -0.4 is 5.32 Å². The van der Waals surface area contributed by atoms with Gasteiger partial charge in [-0.3, -0.25) is 14.5 Å². The third-order valence-electron chi connectivity index (χ3n) is 10.2. The molecular weight excluding hydrogens is 713 g/mol. The summed E-state index contributed by atoms with van der Waals surface area (Å²) in [5, 5.41) is 26.7. The van der Waals surface area contributed by atoms with Crippen LogP contribution in [0.1, 0.15) is 50.1 Å². The van der Waals surface area contributed by atoms with E-state index in [9.17, 15) is 27.9 Å². The Bertz CT molecular complexity index is 2100. The Morgan fingerprint density at radius 3 is 2.43 bits per heavy atom. The molecule has 4 aromatic rings. The van der Waals surface area contributed by atoms with E-state index in [1.165, 1.54) is 39.7 Å². The quantitative estimate of drug-likeness (QED) is 0.0667. The van der Waals surface area contributed by atoms with Crippen LogP contribution in [0.2, 0.25) is 0 Å². The van der Waals surface area contributed by atoms with Crippen LogP contribution in [0.15, 0.2) is 83.0 Å². The number of rotatable bonds is 16. The van der Waals surface area contributed by atoms with Gasteiger partial charge in [0.2, 0.25) is 15.9 Å². The van der Waals surface area contributed by atoms with Gasteiger partial charge in [0.25, 0.3) is 5.91 Å². The predicted molar refractivity (Wildman–Crippen MR) is 200 cm³/mol. The van der Waals surface area contributed by atoms with Crippen LogP contribution in [-0.2, 0) is 39.6 Å². The molecule has 4 amide bonds. The lowest BCUT2D eigenvalue weighted by molar-refractivity contribution is -0.129. The molecule has 2 aliphatic rings. The van der Waals surface area contributed by atoms with E-state index in [2.05, 4.69) is 20.4 Å². The molecule has 2 aromatic heterocycles. The molecule has 1 saturated heterocycles. The van der Waals surface area contributed by atoms with E-state index in [4.69, 9.17) is 5.21 Å². The number of oxime groups is 1. The number of aliphatic hydroxyl groups excluding tert-OH is 1. The van der Waals surface area contributed by atoms with E-state index >= 15 is 0 Å². The van der Waals surface area contributed by atoms with Crippen LogP contribution in [0.4, 0.5) is 4.79 Å². The number of sulfonamides is 1. The van der Waals surface area contributed by atoms with Crippen LogP contribution in [0, 0.1) is 11.8 Å². The minimum Gasteiger partial charge on any atom is -0.411 e. The number of pyridine rings is 1. The second kappa shape index (κ2) is 16.4. The number of nitrogens with one attached hydrogen (secondary N) is 1. The molecule has 6 rings (SSSR count). The Morgan fingerprint density at radius 2 is 1.80 bits per heavy atom. The van der Waals surface area contributed by atoms with Crippen LogP contribution in [-0.4, -0.2) is 109 Å². The number of fused-ring (bicyclic) bond motifs is 1. The molecule has 3 heterocycles. The molecule has 2 fully saturated rings. The number of urea groups is 1. The summed E-state index contributed by atoms with van der Waals surface area (Å²) in [6.07, 6.45) is 4.36. The highest BCUT2D eigenvalue weighted by Gasteiger charge is 2.45. The standard InChI is InChI=1S/C38H46N8O7S/c1-25(2)35(46-24-34(48)45(38(46)50)23-33-41-30-13-8-18-39-36(30)43(33)3)37(49)42-31(19-26-9-5-4-6-10-26)32(47)22-44(21-28-11-7-12-28)54(52,53)29-16-14-27(15-17-29)20-40-51/h4-6,8-10,13-18,20,25,28,31-32,35,47,51H,7,11-12,19,21-24H2,1-3H3,(H,42,49)/t31-,32-,35-/m0/s1. The first-order chi connectivity index (χ1) is 25.9. The fourth-order valence-electron chi connectivity index (χ4n) is 7.02. The number of hydrogen-bond acceptors (Lipinski definition) is 10. The number of imide groups is 1. The van der Waals surface area contributed by atoms with Crippen molar-refractivity contribution in [1.82, 2.24) is 34.0 Å².